The van der Waals surface area contributed by atoms with Gasteiger partial charge in [-0.15, -0.1) is 22.7 Å². The van der Waals surface area contributed by atoms with E-state index < -0.39 is 11.3 Å². The van der Waals surface area contributed by atoms with Gasteiger partial charge in [-0.2, -0.15) is 0 Å². The Labute approximate surface area is 279 Å². The highest BCUT2D eigenvalue weighted by molar-refractivity contribution is 7.22. The molecule has 5 aromatic carbocycles. The summed E-state index contributed by atoms with van der Waals surface area (Å²) in [4.78, 5) is 43.4. The van der Waals surface area contributed by atoms with Gasteiger partial charge in [-0.05, 0) is 83.6 Å². The fourth-order valence-corrected chi connectivity index (χ4v) is 7.72. The zero-order valence-electron chi connectivity index (χ0n) is 25.0. The van der Waals surface area contributed by atoms with Crippen molar-refractivity contribution in [3.05, 3.63) is 152 Å². The minimum Gasteiger partial charge on any atom is -0.400 e. The summed E-state index contributed by atoms with van der Waals surface area (Å²) in [5.74, 6) is 0.476. The Morgan fingerprint density at radius 2 is 0.875 bits per heavy atom. The van der Waals surface area contributed by atoms with Crippen LogP contribution in [0.25, 0.3) is 64.0 Å². The largest absolute Gasteiger partial charge is 0.400 e. The first kappa shape index (κ1) is 28.4. The van der Waals surface area contributed by atoms with E-state index in [0.717, 1.165) is 33.3 Å². The molecule has 9 rings (SSSR count). The third-order valence-electron chi connectivity index (χ3n) is 8.18. The maximum Gasteiger partial charge on any atom is 0.347 e. The molecule has 0 unspecified atom stereocenters. The quantitative estimate of drug-likeness (QED) is 0.174. The predicted molar refractivity (Wildman–Crippen MR) is 190 cm³/mol. The first-order valence-corrected chi connectivity index (χ1v) is 16.8. The van der Waals surface area contributed by atoms with Crippen molar-refractivity contribution in [1.29, 1.82) is 0 Å². The van der Waals surface area contributed by atoms with Gasteiger partial charge in [-0.25, -0.2) is 29.5 Å². The minimum absolute atomic E-state index is 0.238. The minimum atomic E-state index is -0.414. The Kier molecular flexibility index (Phi) is 6.77. The second-order valence-corrected chi connectivity index (χ2v) is 13.5. The van der Waals surface area contributed by atoms with Gasteiger partial charge in [-0.3, -0.25) is 0 Å². The van der Waals surface area contributed by atoms with Gasteiger partial charge in [0.1, 0.15) is 0 Å². The maximum atomic E-state index is 12.5. The number of para-hydroxylation sites is 2. The van der Waals surface area contributed by atoms with E-state index in [2.05, 4.69) is 68.5 Å². The van der Waals surface area contributed by atoms with Gasteiger partial charge in [0.25, 0.3) is 11.8 Å². The molecule has 4 aromatic heterocycles. The smallest absolute Gasteiger partial charge is 0.347 e. The van der Waals surface area contributed by atoms with E-state index in [4.69, 9.17) is 8.83 Å². The van der Waals surface area contributed by atoms with Crippen LogP contribution in [0.15, 0.2) is 128 Å². The van der Waals surface area contributed by atoms with Crippen molar-refractivity contribution in [2.75, 3.05) is 0 Å². The van der Waals surface area contributed by atoms with E-state index in [9.17, 15) is 9.59 Å². The summed E-state index contributed by atoms with van der Waals surface area (Å²) in [6.45, 7) is 0. The number of benzene rings is 5. The van der Waals surface area contributed by atoms with Crippen molar-refractivity contribution in [2.45, 2.75) is 12.8 Å². The average Bonchev–Trinajstić information content (AvgIpc) is 3.73. The summed E-state index contributed by atoms with van der Waals surface area (Å²) >= 11 is 2.93. The van der Waals surface area contributed by atoms with Crippen LogP contribution < -0.4 is 11.3 Å². The maximum absolute atomic E-state index is 12.5. The predicted octanol–water partition coefficient (Wildman–Crippen LogP) is 8.42. The molecule has 0 saturated carbocycles. The third kappa shape index (κ3) is 5.26. The number of fused-ring (bicyclic) bond motifs is 4. The standard InChI is InChI=1S/C38H22N4O4S2/c43-37-25-5-1-3-7-27(25)39-33(45-37)35-41-29-15-13-23(19-31(29)47-35)17-21-9-11-22(12-10-21)18-24-14-16-30-32(20-24)48-36(42-30)34-40-28-8-4-2-6-26(28)38(44)46-34/h1-16,19-20H,17-18H2. The number of rotatable bonds is 6. The Morgan fingerprint density at radius 3 is 1.33 bits per heavy atom. The van der Waals surface area contributed by atoms with E-state index in [1.807, 2.05) is 24.3 Å². The lowest BCUT2D eigenvalue weighted by atomic mass is 10.0. The van der Waals surface area contributed by atoms with E-state index in [1.54, 1.807) is 36.4 Å². The molecule has 9 aromatic rings. The Hall–Kier alpha value is -5.84. The summed E-state index contributed by atoms with van der Waals surface area (Å²) in [6.07, 6.45) is 1.56. The lowest BCUT2D eigenvalue weighted by Gasteiger charge is -2.06. The SMILES string of the molecule is O=c1oc(-c2nc3ccc(Cc4ccc(Cc5ccc6nc(-c7nc8ccccc8c(=O)o7)sc6c5)cc4)cc3s2)nc2ccccc12. The second-order valence-electron chi connectivity index (χ2n) is 11.5. The molecule has 4 heterocycles. The van der Waals surface area contributed by atoms with Crippen LogP contribution in [0.2, 0.25) is 0 Å². The first-order valence-electron chi connectivity index (χ1n) is 15.2. The van der Waals surface area contributed by atoms with Gasteiger partial charge in [0.15, 0.2) is 10.0 Å². The average molecular weight is 663 g/mol. The summed E-state index contributed by atoms with van der Waals surface area (Å²) in [5.41, 5.74) is 6.79. The van der Waals surface area contributed by atoms with Crippen molar-refractivity contribution in [3.8, 4) is 21.8 Å². The van der Waals surface area contributed by atoms with Crippen molar-refractivity contribution in [2.24, 2.45) is 0 Å². The Bertz CT molecular complexity index is 2610. The molecule has 0 aliphatic heterocycles. The molecule has 0 N–H and O–H groups in total. The van der Waals surface area contributed by atoms with Crippen LogP contribution in [0.1, 0.15) is 22.3 Å². The van der Waals surface area contributed by atoms with Crippen LogP contribution >= 0.6 is 22.7 Å². The molecule has 10 heteroatoms. The van der Waals surface area contributed by atoms with Gasteiger partial charge < -0.3 is 8.83 Å². The van der Waals surface area contributed by atoms with E-state index in [0.29, 0.717) is 31.8 Å². The van der Waals surface area contributed by atoms with Gasteiger partial charge in [0.05, 0.1) is 42.2 Å². The number of hydrogen-bond acceptors (Lipinski definition) is 10. The van der Waals surface area contributed by atoms with Crippen molar-refractivity contribution in [1.82, 2.24) is 19.9 Å². The fraction of sp³-hybridized carbons (Fsp3) is 0.0526. The summed E-state index contributed by atoms with van der Waals surface area (Å²) in [7, 11) is 0. The van der Waals surface area contributed by atoms with Crippen molar-refractivity contribution < 1.29 is 8.83 Å². The van der Waals surface area contributed by atoms with E-state index in [-0.39, 0.29) is 11.8 Å². The summed E-state index contributed by atoms with van der Waals surface area (Å²) < 4.78 is 13.0. The molecule has 0 bridgehead atoms. The van der Waals surface area contributed by atoms with Crippen LogP contribution in [-0.4, -0.2) is 19.9 Å². The van der Waals surface area contributed by atoms with Crippen LogP contribution in [0.3, 0.4) is 0 Å². The summed E-state index contributed by atoms with van der Waals surface area (Å²) in [6, 6.07) is 35.4. The zero-order chi connectivity index (χ0) is 32.2. The molecule has 0 saturated heterocycles. The Morgan fingerprint density at radius 1 is 0.458 bits per heavy atom. The molecule has 8 nitrogen and oxygen atoms in total. The molecule has 230 valence electrons. The number of aromatic nitrogens is 4. The Balaban J connectivity index is 0.914. The van der Waals surface area contributed by atoms with Gasteiger partial charge in [0, 0.05) is 0 Å². The third-order valence-corrected chi connectivity index (χ3v) is 10.2. The molecule has 0 fully saturated rings. The molecular weight excluding hydrogens is 641 g/mol. The molecule has 0 amide bonds. The lowest BCUT2D eigenvalue weighted by Crippen LogP contribution is -2.02. The highest BCUT2D eigenvalue weighted by Crippen LogP contribution is 2.32. The molecule has 0 atom stereocenters. The molecule has 48 heavy (non-hydrogen) atoms. The lowest BCUT2D eigenvalue weighted by molar-refractivity contribution is 0.518. The van der Waals surface area contributed by atoms with Crippen LogP contribution in [0.4, 0.5) is 0 Å². The highest BCUT2D eigenvalue weighted by Gasteiger charge is 2.15. The van der Waals surface area contributed by atoms with Crippen LogP contribution in [-0.2, 0) is 12.8 Å². The molecule has 0 radical (unpaired) electrons. The highest BCUT2D eigenvalue weighted by atomic mass is 32.1. The second kappa shape index (κ2) is 11.4. The monoisotopic (exact) mass is 662 g/mol. The normalized spacial score (nSPS) is 11.7. The first-order chi connectivity index (χ1) is 23.5. The summed E-state index contributed by atoms with van der Waals surface area (Å²) in [5, 5.41) is 2.08. The van der Waals surface area contributed by atoms with E-state index in [1.165, 1.54) is 44.9 Å². The van der Waals surface area contributed by atoms with Gasteiger partial charge >= 0.3 is 11.3 Å². The van der Waals surface area contributed by atoms with Crippen molar-refractivity contribution in [3.63, 3.8) is 0 Å². The van der Waals surface area contributed by atoms with Crippen LogP contribution in [0.5, 0.6) is 0 Å². The van der Waals surface area contributed by atoms with Gasteiger partial charge in [-0.1, -0.05) is 60.7 Å². The number of hydrogen-bond donors (Lipinski definition) is 0. The van der Waals surface area contributed by atoms with Crippen LogP contribution in [0, 0.1) is 0 Å². The molecular formula is C38H22N4O4S2. The molecule has 0 aliphatic rings. The zero-order valence-corrected chi connectivity index (χ0v) is 26.7. The molecule has 0 aliphatic carbocycles. The molecule has 0 spiro atoms. The number of nitrogens with zero attached hydrogens (tertiary/aromatic N) is 4. The topological polar surface area (TPSA) is 112 Å². The number of thiazole rings is 2. The van der Waals surface area contributed by atoms with Gasteiger partial charge in [0.2, 0.25) is 0 Å². The van der Waals surface area contributed by atoms with E-state index >= 15 is 0 Å². The van der Waals surface area contributed by atoms with Crippen molar-refractivity contribution >= 4 is 64.9 Å². The fourth-order valence-electron chi connectivity index (χ4n) is 5.81.